The number of aliphatic hydroxyl groups excluding tert-OH is 3. The molecule has 5 unspecified atom stereocenters. The van der Waals surface area contributed by atoms with Gasteiger partial charge < -0.3 is 71.0 Å². The Balaban J connectivity index is 1.64. The number of hydrogen-bond acceptors (Lipinski definition) is 18. The number of ether oxygens (including phenoxy) is 7. The Hall–Kier alpha value is -4.51. The average molecular weight is 1030 g/mol. The molecule has 3 aromatic rings. The van der Waals surface area contributed by atoms with Crippen LogP contribution in [0.2, 0.25) is 0 Å². The lowest BCUT2D eigenvalue weighted by Gasteiger charge is -2.39. The Morgan fingerprint density at radius 1 is 0.740 bits per heavy atom. The molecule has 0 spiro atoms. The van der Waals surface area contributed by atoms with Crippen molar-refractivity contribution in [2.24, 2.45) is 46.8 Å². The molecule has 1 heterocycles. The first-order chi connectivity index (χ1) is 35.0. The highest BCUT2D eigenvalue weighted by Crippen LogP contribution is 2.40. The van der Waals surface area contributed by atoms with Crippen molar-refractivity contribution in [1.82, 2.24) is 10.3 Å². The van der Waals surface area contributed by atoms with Gasteiger partial charge in [-0.3, -0.25) is 24.2 Å². The van der Waals surface area contributed by atoms with Gasteiger partial charge in [-0.15, -0.1) is 0 Å². The van der Waals surface area contributed by atoms with Gasteiger partial charge in [0, 0.05) is 36.0 Å². The van der Waals surface area contributed by atoms with Crippen LogP contribution >= 0.6 is 0 Å². The number of rotatable bonds is 35. The number of pyridine rings is 1. The summed E-state index contributed by atoms with van der Waals surface area (Å²) in [5.41, 5.74) is 19.0. The molecule has 1 aliphatic carbocycles. The fraction of sp³-hybridized carbons (Fsp3) is 0.648. The summed E-state index contributed by atoms with van der Waals surface area (Å²) in [5, 5.41) is 38.4. The second kappa shape index (κ2) is 31.4. The highest BCUT2D eigenvalue weighted by Gasteiger charge is 2.46. The fourth-order valence-electron chi connectivity index (χ4n) is 9.18. The molecular formula is C54H83N5O14. The first-order valence-electron chi connectivity index (χ1n) is 25.8. The minimum atomic E-state index is -1.82. The van der Waals surface area contributed by atoms with E-state index in [9.17, 15) is 29.7 Å². The van der Waals surface area contributed by atoms with Gasteiger partial charge in [0.15, 0.2) is 23.1 Å². The van der Waals surface area contributed by atoms with Crippen LogP contribution in [-0.2, 0) is 39.8 Å². The quantitative estimate of drug-likeness (QED) is 0.0319. The maximum atomic E-state index is 15.2. The second-order valence-electron chi connectivity index (χ2n) is 19.3. The number of fused-ring (bicyclic) bond motifs is 1. The molecule has 19 nitrogen and oxygen atoms in total. The Kier molecular flexibility index (Phi) is 26.2. The van der Waals surface area contributed by atoms with E-state index in [0.29, 0.717) is 88.6 Å². The van der Waals surface area contributed by atoms with Crippen molar-refractivity contribution in [3.05, 3.63) is 59.4 Å². The van der Waals surface area contributed by atoms with Crippen LogP contribution in [-0.4, -0.2) is 153 Å². The molecule has 9 atom stereocenters. The summed E-state index contributed by atoms with van der Waals surface area (Å²) in [5.74, 6) is -5.12. The topological polar surface area (TPSA) is 297 Å². The molecule has 0 bridgehead atoms. The Morgan fingerprint density at radius 2 is 1.29 bits per heavy atom. The summed E-state index contributed by atoms with van der Waals surface area (Å²) in [6, 6.07) is 7.12. The maximum Gasteiger partial charge on any atom is 0.237 e. The highest BCUT2D eigenvalue weighted by molar-refractivity contribution is 6.07. The predicted octanol–water partition coefficient (Wildman–Crippen LogP) is 4.29. The first kappa shape index (κ1) is 61.0. The number of aromatic nitrogens is 1. The zero-order chi connectivity index (χ0) is 53.6. The third kappa shape index (κ3) is 17.5. The monoisotopic (exact) mass is 1030 g/mol. The molecule has 4 rings (SSSR count). The highest BCUT2D eigenvalue weighted by atomic mass is 16.6. The second-order valence-corrected chi connectivity index (χ2v) is 19.3. The zero-order valence-corrected chi connectivity index (χ0v) is 43.9. The van der Waals surface area contributed by atoms with Crippen molar-refractivity contribution < 1.29 is 67.7 Å². The molecule has 1 aromatic heterocycles. The number of Topliss-reactive ketones (excluding diaryl/α,β-unsaturated/α-hetero) is 3. The molecule has 19 heteroatoms. The number of carbonyl (C=O) groups is 4. The van der Waals surface area contributed by atoms with Crippen molar-refractivity contribution in [2.45, 2.75) is 123 Å². The van der Waals surface area contributed by atoms with E-state index in [0.717, 1.165) is 19.3 Å². The van der Waals surface area contributed by atoms with Crippen molar-refractivity contribution in [2.75, 3.05) is 73.2 Å². The molecule has 1 amide bonds. The van der Waals surface area contributed by atoms with Crippen LogP contribution in [0.25, 0.3) is 10.8 Å². The average Bonchev–Trinajstić information content (AvgIpc) is 3.38. The van der Waals surface area contributed by atoms with E-state index in [-0.39, 0.29) is 59.9 Å². The van der Waals surface area contributed by atoms with E-state index in [4.69, 9.17) is 50.4 Å². The summed E-state index contributed by atoms with van der Waals surface area (Å²) in [6.45, 7) is 13.6. The first-order valence-corrected chi connectivity index (χ1v) is 25.8. The van der Waals surface area contributed by atoms with Gasteiger partial charge >= 0.3 is 0 Å². The molecule has 2 aromatic carbocycles. The third-order valence-electron chi connectivity index (χ3n) is 13.7. The SMILES string of the molecule is CC[C@@H](C)[C@@H](N)C(=O)NCc1ncc(C(=O)C(C(C)C)C(O)C(O)C(N)C(C(=O)[C@@H](N)[C@@H](C)O)C2CCCCC2)c(Oc2cccc3c(OCCOCCOCCOCCOCCOC)cccc23)c1C(C)=O. The van der Waals surface area contributed by atoms with E-state index in [1.54, 1.807) is 51.3 Å². The third-order valence-corrected chi connectivity index (χ3v) is 13.7. The van der Waals surface area contributed by atoms with Crippen LogP contribution in [0.3, 0.4) is 0 Å². The van der Waals surface area contributed by atoms with Crippen LogP contribution < -0.4 is 32.0 Å². The summed E-state index contributed by atoms with van der Waals surface area (Å²) < 4.78 is 40.0. The van der Waals surface area contributed by atoms with Gasteiger partial charge in [0.05, 0.1) is 119 Å². The summed E-state index contributed by atoms with van der Waals surface area (Å²) in [6.07, 6.45) is 0.974. The summed E-state index contributed by atoms with van der Waals surface area (Å²) >= 11 is 0. The number of benzene rings is 2. The maximum absolute atomic E-state index is 15.2. The van der Waals surface area contributed by atoms with Gasteiger partial charge in [-0.05, 0) is 56.6 Å². The van der Waals surface area contributed by atoms with E-state index in [1.807, 2.05) is 19.9 Å². The Morgan fingerprint density at radius 3 is 1.82 bits per heavy atom. The summed E-state index contributed by atoms with van der Waals surface area (Å²) in [7, 11) is 1.62. The van der Waals surface area contributed by atoms with E-state index in [1.165, 1.54) is 20.0 Å². The molecule has 0 saturated heterocycles. The van der Waals surface area contributed by atoms with Gasteiger partial charge in [-0.2, -0.15) is 0 Å². The fourth-order valence-corrected chi connectivity index (χ4v) is 9.18. The van der Waals surface area contributed by atoms with Gasteiger partial charge in [-0.25, -0.2) is 0 Å². The minimum absolute atomic E-state index is 0.0956. The van der Waals surface area contributed by atoms with Gasteiger partial charge in [-0.1, -0.05) is 77.6 Å². The normalized spacial score (nSPS) is 17.0. The van der Waals surface area contributed by atoms with Gasteiger partial charge in [0.2, 0.25) is 5.91 Å². The number of methoxy groups -OCH3 is 1. The largest absolute Gasteiger partial charge is 0.491 e. The number of nitrogens with one attached hydrogen (secondary N) is 1. The summed E-state index contributed by atoms with van der Waals surface area (Å²) in [4.78, 5) is 60.6. The number of amides is 1. The van der Waals surface area contributed by atoms with Gasteiger partial charge in [0.1, 0.15) is 18.1 Å². The lowest BCUT2D eigenvalue weighted by atomic mass is 9.70. The number of aliphatic hydroxyl groups is 3. The molecule has 1 saturated carbocycles. The van der Waals surface area contributed by atoms with E-state index >= 15 is 4.79 Å². The molecule has 0 aliphatic heterocycles. The minimum Gasteiger partial charge on any atom is -0.491 e. The molecule has 1 fully saturated rings. The molecule has 10 N–H and O–H groups in total. The molecule has 408 valence electrons. The van der Waals surface area contributed by atoms with E-state index in [2.05, 4.69) is 10.3 Å². The zero-order valence-electron chi connectivity index (χ0n) is 43.9. The van der Waals surface area contributed by atoms with Crippen molar-refractivity contribution in [3.63, 3.8) is 0 Å². The molecule has 73 heavy (non-hydrogen) atoms. The van der Waals surface area contributed by atoms with Crippen molar-refractivity contribution in [3.8, 4) is 17.2 Å². The number of nitrogens with two attached hydrogens (primary N) is 3. The smallest absolute Gasteiger partial charge is 0.237 e. The van der Waals surface area contributed by atoms with Gasteiger partial charge in [0.25, 0.3) is 0 Å². The number of ketones is 3. The van der Waals surface area contributed by atoms with Crippen molar-refractivity contribution >= 4 is 34.0 Å². The lowest BCUT2D eigenvalue weighted by Crippen LogP contribution is -2.58. The van der Waals surface area contributed by atoms with Crippen LogP contribution in [0, 0.1) is 29.6 Å². The molecule has 0 radical (unpaired) electrons. The lowest BCUT2D eigenvalue weighted by molar-refractivity contribution is -0.132. The standard InChI is InChI=1S/C54H83N5O14/c1-8-33(4)46(55)54(66)59-31-40-44(34(5)60)53(73-42-19-13-16-37-38(42)17-12-18-41(37)72-29-28-71-27-26-70-25-24-69-23-22-68-21-20-67-7)39(30-58-40)49(62)43(32(2)3)51(64)52(65)48(57)45(36-14-10-9-11-15-36)50(63)47(56)35(6)61/h12-13,16-19,30,32-33,35-36,43,45-48,51-52,61,64-65H,8-11,14-15,20-29,31,55-57H2,1-7H3,(H,59,66)/t33-,35-,43?,45?,46-,47+,48?,51?,52?/m1/s1. The van der Waals surface area contributed by atoms with Crippen LogP contribution in [0.5, 0.6) is 17.2 Å². The van der Waals surface area contributed by atoms with Crippen molar-refractivity contribution in [1.29, 1.82) is 0 Å². The predicted molar refractivity (Wildman–Crippen MR) is 276 cm³/mol. The number of hydrogen-bond donors (Lipinski definition) is 7. The van der Waals surface area contributed by atoms with Crippen LogP contribution in [0.1, 0.15) is 106 Å². The number of nitrogens with zero attached hydrogens (tertiary/aromatic N) is 1. The number of carbonyl (C=O) groups excluding carboxylic acids is 4. The Labute approximate surface area is 430 Å². The Bertz CT molecular complexity index is 2190. The van der Waals surface area contributed by atoms with Crippen LogP contribution in [0.15, 0.2) is 42.6 Å². The molecular weight excluding hydrogens is 943 g/mol. The van der Waals surface area contributed by atoms with Crippen LogP contribution in [0.4, 0.5) is 0 Å². The molecule has 1 aliphatic rings. The van der Waals surface area contributed by atoms with E-state index < -0.39 is 77.4 Å².